The Morgan fingerprint density at radius 2 is 1.57 bits per heavy atom. The first-order chi connectivity index (χ1) is 10.8. The second-order valence-electron chi connectivity index (χ2n) is 5.65. The summed E-state index contributed by atoms with van der Waals surface area (Å²) < 4.78 is 54.3. The minimum absolute atomic E-state index is 0.421. The molecular weight excluding hydrogens is 344 g/mol. The molecule has 1 saturated carbocycles. The van der Waals surface area contributed by atoms with Gasteiger partial charge in [-0.05, 0) is 49.1 Å². The summed E-state index contributed by atoms with van der Waals surface area (Å²) in [5, 5.41) is 0.554. The second kappa shape index (κ2) is 5.85. The largest absolute Gasteiger partial charge is 0.241 e. The predicted octanol–water partition coefficient (Wildman–Crippen LogP) is 3.98. The second-order valence-corrected chi connectivity index (χ2v) is 7.77. The third kappa shape index (κ3) is 3.24. The van der Waals surface area contributed by atoms with Gasteiger partial charge in [0.25, 0.3) is 0 Å². The van der Waals surface area contributed by atoms with Gasteiger partial charge in [0.15, 0.2) is 0 Å². The van der Waals surface area contributed by atoms with E-state index in [9.17, 15) is 17.2 Å². The van der Waals surface area contributed by atoms with Gasteiger partial charge in [0.2, 0.25) is 10.0 Å². The minimum Gasteiger partial charge on any atom is -0.207 e. The highest BCUT2D eigenvalue weighted by Gasteiger charge is 2.42. The van der Waals surface area contributed by atoms with E-state index in [0.29, 0.717) is 23.9 Å². The summed E-state index contributed by atoms with van der Waals surface area (Å²) in [5.74, 6) is -1.86. The molecule has 1 N–H and O–H groups in total. The number of sulfonamides is 1. The Hall–Kier alpha value is -1.50. The molecular formula is C16H14ClF2NO2S. The molecule has 0 radical (unpaired) electrons. The van der Waals surface area contributed by atoms with Crippen LogP contribution in [0.1, 0.15) is 24.8 Å². The third-order valence-electron chi connectivity index (χ3n) is 4.08. The van der Waals surface area contributed by atoms with Crippen LogP contribution in [-0.4, -0.2) is 8.42 Å². The summed E-state index contributed by atoms with van der Waals surface area (Å²) in [5.41, 5.74) is 0.0280. The molecule has 0 saturated heterocycles. The number of halogens is 3. The summed E-state index contributed by atoms with van der Waals surface area (Å²) in [6.45, 7) is 0. The fourth-order valence-electron chi connectivity index (χ4n) is 2.75. The molecule has 0 atom stereocenters. The van der Waals surface area contributed by atoms with E-state index >= 15 is 0 Å². The quantitative estimate of drug-likeness (QED) is 0.899. The van der Waals surface area contributed by atoms with E-state index < -0.39 is 32.1 Å². The van der Waals surface area contributed by atoms with Gasteiger partial charge in [-0.3, -0.25) is 0 Å². The summed E-state index contributed by atoms with van der Waals surface area (Å²) in [6.07, 6.45) is 2.10. The van der Waals surface area contributed by atoms with Crippen LogP contribution in [0.2, 0.25) is 5.02 Å². The highest BCUT2D eigenvalue weighted by atomic mass is 35.5. The van der Waals surface area contributed by atoms with E-state index in [2.05, 4.69) is 4.72 Å². The lowest BCUT2D eigenvalue weighted by molar-refractivity contribution is 0.224. The molecule has 3 rings (SSSR count). The highest BCUT2D eigenvalue weighted by Crippen LogP contribution is 2.42. The van der Waals surface area contributed by atoms with Crippen molar-refractivity contribution in [3.8, 4) is 0 Å². The molecule has 3 nitrogen and oxygen atoms in total. The smallest absolute Gasteiger partial charge is 0.207 e. The van der Waals surface area contributed by atoms with Crippen molar-refractivity contribution < 1.29 is 17.2 Å². The maximum atomic E-state index is 13.3. The Kier molecular flexibility index (Phi) is 4.16. The highest BCUT2D eigenvalue weighted by molar-refractivity contribution is 7.89. The van der Waals surface area contributed by atoms with E-state index in [4.69, 9.17) is 11.6 Å². The molecule has 0 aromatic heterocycles. The third-order valence-corrected chi connectivity index (χ3v) is 5.85. The molecule has 0 amide bonds. The summed E-state index contributed by atoms with van der Waals surface area (Å²) in [4.78, 5) is -0.421. The van der Waals surface area contributed by atoms with Gasteiger partial charge in [-0.1, -0.05) is 23.7 Å². The van der Waals surface area contributed by atoms with Crippen LogP contribution in [0.5, 0.6) is 0 Å². The Morgan fingerprint density at radius 1 is 1.00 bits per heavy atom. The Labute approximate surface area is 138 Å². The van der Waals surface area contributed by atoms with E-state index in [1.54, 1.807) is 24.3 Å². The van der Waals surface area contributed by atoms with Gasteiger partial charge in [0.1, 0.15) is 11.6 Å². The van der Waals surface area contributed by atoms with Crippen molar-refractivity contribution in [1.29, 1.82) is 0 Å². The molecule has 0 bridgehead atoms. The zero-order valence-corrected chi connectivity index (χ0v) is 13.6. The van der Waals surface area contributed by atoms with Crippen molar-refractivity contribution in [1.82, 2.24) is 4.72 Å². The number of benzene rings is 2. The van der Waals surface area contributed by atoms with Crippen molar-refractivity contribution in [2.45, 2.75) is 29.7 Å². The van der Waals surface area contributed by atoms with Crippen molar-refractivity contribution in [3.63, 3.8) is 0 Å². The average Bonchev–Trinajstić information content (AvgIpc) is 2.43. The molecule has 0 unspecified atom stereocenters. The van der Waals surface area contributed by atoms with Crippen LogP contribution in [0.4, 0.5) is 8.78 Å². The van der Waals surface area contributed by atoms with Gasteiger partial charge in [-0.2, -0.15) is 0 Å². The minimum atomic E-state index is -4.05. The van der Waals surface area contributed by atoms with Crippen LogP contribution in [0, 0.1) is 11.6 Å². The molecule has 2 aromatic rings. The Bertz CT molecular complexity index is 813. The first kappa shape index (κ1) is 16.4. The summed E-state index contributed by atoms with van der Waals surface area (Å²) >= 11 is 5.86. The van der Waals surface area contributed by atoms with Crippen LogP contribution < -0.4 is 4.72 Å². The lowest BCUT2D eigenvalue weighted by Gasteiger charge is -2.42. The van der Waals surface area contributed by atoms with Crippen molar-refractivity contribution in [2.24, 2.45) is 0 Å². The van der Waals surface area contributed by atoms with Crippen LogP contribution in [0.25, 0.3) is 0 Å². The topological polar surface area (TPSA) is 46.2 Å². The SMILES string of the molecule is O=S(=O)(NC1(c2ccc(Cl)cc2)CCC1)c1cc(F)cc(F)c1. The van der Waals surface area contributed by atoms with E-state index in [0.717, 1.165) is 24.1 Å². The number of rotatable bonds is 4. The van der Waals surface area contributed by atoms with Gasteiger partial charge in [-0.25, -0.2) is 21.9 Å². The van der Waals surface area contributed by atoms with Crippen LogP contribution >= 0.6 is 11.6 Å². The number of hydrogen-bond donors (Lipinski definition) is 1. The van der Waals surface area contributed by atoms with Crippen LogP contribution in [-0.2, 0) is 15.6 Å². The summed E-state index contributed by atoms with van der Waals surface area (Å²) in [7, 11) is -4.05. The molecule has 1 aliphatic rings. The molecule has 0 heterocycles. The predicted molar refractivity (Wildman–Crippen MR) is 83.7 cm³/mol. The monoisotopic (exact) mass is 357 g/mol. The average molecular weight is 358 g/mol. The lowest BCUT2D eigenvalue weighted by Crippen LogP contribution is -2.50. The molecule has 1 aliphatic carbocycles. The zero-order chi connectivity index (χ0) is 16.7. The zero-order valence-electron chi connectivity index (χ0n) is 12.0. The van der Waals surface area contributed by atoms with Gasteiger partial charge >= 0.3 is 0 Å². The molecule has 1 fully saturated rings. The van der Waals surface area contributed by atoms with Gasteiger partial charge in [0, 0.05) is 11.1 Å². The molecule has 7 heteroatoms. The van der Waals surface area contributed by atoms with Crippen LogP contribution in [0.3, 0.4) is 0 Å². The van der Waals surface area contributed by atoms with E-state index in [-0.39, 0.29) is 0 Å². The van der Waals surface area contributed by atoms with E-state index in [1.165, 1.54) is 0 Å². The van der Waals surface area contributed by atoms with Crippen molar-refractivity contribution >= 4 is 21.6 Å². The van der Waals surface area contributed by atoms with Crippen molar-refractivity contribution in [2.75, 3.05) is 0 Å². The maximum absolute atomic E-state index is 13.3. The first-order valence-electron chi connectivity index (χ1n) is 7.07. The number of hydrogen-bond acceptors (Lipinski definition) is 2. The van der Waals surface area contributed by atoms with Gasteiger partial charge < -0.3 is 0 Å². The fraction of sp³-hybridized carbons (Fsp3) is 0.250. The fourth-order valence-corrected chi connectivity index (χ4v) is 4.36. The molecule has 0 spiro atoms. The molecule has 0 aliphatic heterocycles. The molecule has 23 heavy (non-hydrogen) atoms. The normalized spacial score (nSPS) is 16.8. The first-order valence-corrected chi connectivity index (χ1v) is 8.93. The van der Waals surface area contributed by atoms with Crippen molar-refractivity contribution in [3.05, 3.63) is 64.7 Å². The Balaban J connectivity index is 1.96. The van der Waals surface area contributed by atoms with E-state index in [1.807, 2.05) is 0 Å². The standard InChI is InChI=1S/C16H14ClF2NO2S/c17-12-4-2-11(3-5-12)16(6-1-7-16)20-23(21,22)15-9-13(18)8-14(19)10-15/h2-5,8-10,20H,1,6-7H2. The summed E-state index contributed by atoms with van der Waals surface area (Å²) in [6, 6.07) is 9.14. The number of nitrogens with one attached hydrogen (secondary N) is 1. The Morgan fingerprint density at radius 3 is 2.04 bits per heavy atom. The lowest BCUT2D eigenvalue weighted by atomic mass is 9.73. The molecule has 122 valence electrons. The molecule has 2 aromatic carbocycles. The van der Waals surface area contributed by atoms with Crippen LogP contribution in [0.15, 0.2) is 47.4 Å². The maximum Gasteiger partial charge on any atom is 0.241 e. The van der Waals surface area contributed by atoms with Gasteiger partial charge in [0.05, 0.1) is 10.4 Å². The van der Waals surface area contributed by atoms with Gasteiger partial charge in [-0.15, -0.1) is 0 Å².